The van der Waals surface area contributed by atoms with Crippen molar-refractivity contribution < 1.29 is 9.84 Å². The number of nitrogens with zero attached hydrogens (tertiary/aromatic N) is 2. The van der Waals surface area contributed by atoms with Crippen LogP contribution in [0, 0.1) is 11.3 Å². The highest BCUT2D eigenvalue weighted by atomic mass is 16.5. The fourth-order valence-corrected chi connectivity index (χ4v) is 3.06. The molecule has 21 heavy (non-hydrogen) atoms. The third kappa shape index (κ3) is 3.96. The monoisotopic (exact) mass is 288 g/mol. The summed E-state index contributed by atoms with van der Waals surface area (Å²) in [6, 6.07) is 10.3. The van der Waals surface area contributed by atoms with E-state index in [1.807, 2.05) is 6.07 Å². The van der Waals surface area contributed by atoms with Gasteiger partial charge in [0, 0.05) is 18.6 Å². The first kappa shape index (κ1) is 15.8. The highest BCUT2D eigenvalue weighted by molar-refractivity contribution is 5.42. The molecule has 4 heteroatoms. The number of β-amino-alcohol motifs (C(OH)–C–C–N with tert-alkyl or cyclic N) is 1. The molecule has 3 atom stereocenters. The number of hydrogen-bond acceptors (Lipinski definition) is 4. The molecule has 0 amide bonds. The number of benzene rings is 1. The van der Waals surface area contributed by atoms with Crippen LogP contribution in [0.3, 0.4) is 0 Å². The van der Waals surface area contributed by atoms with Crippen molar-refractivity contribution >= 4 is 0 Å². The van der Waals surface area contributed by atoms with Crippen molar-refractivity contribution in [2.24, 2.45) is 0 Å². The molecule has 0 spiro atoms. The molecule has 2 rings (SSSR count). The molecule has 0 aliphatic carbocycles. The van der Waals surface area contributed by atoms with Crippen LogP contribution in [0.4, 0.5) is 0 Å². The van der Waals surface area contributed by atoms with Gasteiger partial charge in [0.25, 0.3) is 0 Å². The van der Waals surface area contributed by atoms with E-state index in [1.54, 1.807) is 18.2 Å². The molecule has 0 bridgehead atoms. The standard InChI is InChI=1S/C17H24N2O2/c1-3-15-9-8-13(2)19(15)11-16(20)12-21-17-7-5-4-6-14(17)10-18/h4-7,13,15-16,20H,3,8-9,11-12H2,1-2H3. The van der Waals surface area contributed by atoms with Crippen LogP contribution in [-0.4, -0.2) is 41.3 Å². The maximum atomic E-state index is 10.2. The molecule has 1 fully saturated rings. The zero-order valence-corrected chi connectivity index (χ0v) is 12.8. The van der Waals surface area contributed by atoms with Gasteiger partial charge in [-0.2, -0.15) is 5.26 Å². The zero-order valence-electron chi connectivity index (χ0n) is 12.8. The summed E-state index contributed by atoms with van der Waals surface area (Å²) >= 11 is 0. The third-order valence-corrected chi connectivity index (χ3v) is 4.28. The highest BCUT2D eigenvalue weighted by Crippen LogP contribution is 2.26. The predicted octanol–water partition coefficient (Wildman–Crippen LogP) is 2.56. The predicted molar refractivity (Wildman–Crippen MR) is 82.1 cm³/mol. The Morgan fingerprint density at radius 3 is 2.90 bits per heavy atom. The lowest BCUT2D eigenvalue weighted by Gasteiger charge is -2.29. The Kier molecular flexibility index (Phi) is 5.60. The van der Waals surface area contributed by atoms with Gasteiger partial charge in [-0.05, 0) is 38.3 Å². The van der Waals surface area contributed by atoms with Crippen LogP contribution < -0.4 is 4.74 Å². The molecule has 0 aromatic heterocycles. The quantitative estimate of drug-likeness (QED) is 0.874. The number of likely N-dealkylation sites (tertiary alicyclic amines) is 1. The van der Waals surface area contributed by atoms with E-state index in [1.165, 1.54) is 12.8 Å². The fraction of sp³-hybridized carbons (Fsp3) is 0.588. The van der Waals surface area contributed by atoms with Gasteiger partial charge in [-0.25, -0.2) is 0 Å². The van der Waals surface area contributed by atoms with E-state index in [9.17, 15) is 5.11 Å². The van der Waals surface area contributed by atoms with Crippen LogP contribution in [0.2, 0.25) is 0 Å². The SMILES string of the molecule is CCC1CCC(C)N1CC(O)COc1ccccc1C#N. The Hall–Kier alpha value is -1.57. The number of para-hydroxylation sites is 1. The molecular weight excluding hydrogens is 264 g/mol. The van der Waals surface area contributed by atoms with Gasteiger partial charge in [-0.3, -0.25) is 4.90 Å². The summed E-state index contributed by atoms with van der Waals surface area (Å²) in [6.45, 7) is 5.27. The Labute approximate surface area is 127 Å². The summed E-state index contributed by atoms with van der Waals surface area (Å²) in [5, 5.41) is 19.2. The normalized spacial score (nSPS) is 23.7. The van der Waals surface area contributed by atoms with Gasteiger partial charge >= 0.3 is 0 Å². The van der Waals surface area contributed by atoms with Gasteiger partial charge < -0.3 is 9.84 Å². The van der Waals surface area contributed by atoms with E-state index in [2.05, 4.69) is 24.8 Å². The highest BCUT2D eigenvalue weighted by Gasteiger charge is 2.30. The molecule has 4 nitrogen and oxygen atoms in total. The molecule has 1 aliphatic heterocycles. The topological polar surface area (TPSA) is 56.5 Å². The van der Waals surface area contributed by atoms with E-state index in [0.717, 1.165) is 6.42 Å². The molecule has 114 valence electrons. The van der Waals surface area contributed by atoms with E-state index < -0.39 is 6.10 Å². The van der Waals surface area contributed by atoms with Gasteiger partial charge in [0.05, 0.1) is 5.56 Å². The number of aliphatic hydroxyl groups excluding tert-OH is 1. The maximum absolute atomic E-state index is 10.2. The summed E-state index contributed by atoms with van der Waals surface area (Å²) in [5.74, 6) is 0.542. The van der Waals surface area contributed by atoms with E-state index in [4.69, 9.17) is 10.00 Å². The largest absolute Gasteiger partial charge is 0.489 e. The summed E-state index contributed by atoms with van der Waals surface area (Å²) in [6.07, 6.45) is 2.99. The Morgan fingerprint density at radius 2 is 2.19 bits per heavy atom. The lowest BCUT2D eigenvalue weighted by Crippen LogP contribution is -2.41. The van der Waals surface area contributed by atoms with Gasteiger partial charge in [-0.1, -0.05) is 19.1 Å². The lowest BCUT2D eigenvalue weighted by atomic mass is 10.1. The average molecular weight is 288 g/mol. The number of rotatable bonds is 6. The molecule has 1 N–H and O–H groups in total. The van der Waals surface area contributed by atoms with E-state index >= 15 is 0 Å². The third-order valence-electron chi connectivity index (χ3n) is 4.28. The van der Waals surface area contributed by atoms with Crippen LogP contribution in [0.5, 0.6) is 5.75 Å². The number of nitriles is 1. The minimum Gasteiger partial charge on any atom is -0.489 e. The molecule has 1 heterocycles. The van der Waals surface area contributed by atoms with Crippen LogP contribution in [0.1, 0.15) is 38.7 Å². The lowest BCUT2D eigenvalue weighted by molar-refractivity contribution is 0.0513. The summed E-state index contributed by atoms with van der Waals surface area (Å²) in [7, 11) is 0. The van der Waals surface area contributed by atoms with Crippen LogP contribution in [0.15, 0.2) is 24.3 Å². The molecule has 0 saturated carbocycles. The number of aliphatic hydroxyl groups is 1. The zero-order chi connectivity index (χ0) is 15.2. The molecule has 0 radical (unpaired) electrons. The van der Waals surface area contributed by atoms with Crippen molar-refractivity contribution in [1.29, 1.82) is 5.26 Å². The molecule has 1 aromatic rings. The molecule has 1 aromatic carbocycles. The van der Waals surface area contributed by atoms with Crippen molar-refractivity contribution in [2.45, 2.75) is 51.3 Å². The van der Waals surface area contributed by atoms with Crippen molar-refractivity contribution in [3.05, 3.63) is 29.8 Å². The van der Waals surface area contributed by atoms with Gasteiger partial charge in [-0.15, -0.1) is 0 Å². The smallest absolute Gasteiger partial charge is 0.137 e. The second kappa shape index (κ2) is 7.44. The fourth-order valence-electron chi connectivity index (χ4n) is 3.06. The van der Waals surface area contributed by atoms with E-state index in [-0.39, 0.29) is 6.61 Å². The Morgan fingerprint density at radius 1 is 1.43 bits per heavy atom. The van der Waals surface area contributed by atoms with E-state index in [0.29, 0.717) is 29.9 Å². The average Bonchev–Trinajstić information content (AvgIpc) is 2.86. The van der Waals surface area contributed by atoms with Crippen molar-refractivity contribution in [3.63, 3.8) is 0 Å². The number of hydrogen-bond donors (Lipinski definition) is 1. The minimum absolute atomic E-state index is 0.221. The van der Waals surface area contributed by atoms with Crippen molar-refractivity contribution in [1.82, 2.24) is 4.90 Å². The van der Waals surface area contributed by atoms with Gasteiger partial charge in [0.2, 0.25) is 0 Å². The van der Waals surface area contributed by atoms with Crippen LogP contribution in [0.25, 0.3) is 0 Å². The van der Waals surface area contributed by atoms with Gasteiger partial charge in [0.1, 0.15) is 24.5 Å². The van der Waals surface area contributed by atoms with Crippen LogP contribution in [-0.2, 0) is 0 Å². The first-order chi connectivity index (χ1) is 10.2. The first-order valence-electron chi connectivity index (χ1n) is 7.71. The molecular formula is C17H24N2O2. The van der Waals surface area contributed by atoms with Gasteiger partial charge in [0.15, 0.2) is 0 Å². The second-order valence-electron chi connectivity index (χ2n) is 5.76. The summed E-state index contributed by atoms with van der Waals surface area (Å²) < 4.78 is 5.61. The summed E-state index contributed by atoms with van der Waals surface area (Å²) in [4.78, 5) is 2.38. The maximum Gasteiger partial charge on any atom is 0.137 e. The second-order valence-corrected chi connectivity index (χ2v) is 5.76. The Bertz CT molecular complexity index is 498. The first-order valence-corrected chi connectivity index (χ1v) is 7.71. The molecule has 3 unspecified atom stereocenters. The van der Waals surface area contributed by atoms with Crippen molar-refractivity contribution in [2.75, 3.05) is 13.2 Å². The number of ether oxygens (including phenoxy) is 1. The molecule has 1 aliphatic rings. The molecule has 1 saturated heterocycles. The Balaban J connectivity index is 1.87. The minimum atomic E-state index is -0.536. The van der Waals surface area contributed by atoms with Crippen LogP contribution >= 0.6 is 0 Å². The summed E-state index contributed by atoms with van der Waals surface area (Å²) in [5.41, 5.74) is 0.505. The van der Waals surface area contributed by atoms with Crippen molar-refractivity contribution in [3.8, 4) is 11.8 Å².